The average molecular weight is 913 g/mol. The molecule has 0 radical (unpaired) electrons. The number of methoxy groups -OCH3 is 2. The minimum absolute atomic E-state index is 0.00689. The summed E-state index contributed by atoms with van der Waals surface area (Å²) in [6.07, 6.45) is 0.701. The summed E-state index contributed by atoms with van der Waals surface area (Å²) in [6, 6.07) is 13.4. The van der Waals surface area contributed by atoms with Crippen LogP contribution in [0.4, 0.5) is 27.2 Å². The van der Waals surface area contributed by atoms with Gasteiger partial charge in [-0.2, -0.15) is 0 Å². The zero-order valence-electron chi connectivity index (χ0n) is 36.6. The van der Waals surface area contributed by atoms with Crippen LogP contribution in [-0.2, 0) is 19.1 Å². The van der Waals surface area contributed by atoms with E-state index in [2.05, 4.69) is 26.7 Å². The van der Waals surface area contributed by atoms with E-state index in [1.807, 2.05) is 52.3 Å². The van der Waals surface area contributed by atoms with Gasteiger partial charge < -0.3 is 39.9 Å². The van der Waals surface area contributed by atoms with Gasteiger partial charge in [-0.1, -0.05) is 24.3 Å². The number of halogens is 4. The van der Waals surface area contributed by atoms with E-state index in [0.29, 0.717) is 36.3 Å². The number of aromatic nitrogens is 4. The predicted octanol–water partition coefficient (Wildman–Crippen LogP) is 8.68. The van der Waals surface area contributed by atoms with E-state index in [4.69, 9.17) is 19.4 Å². The number of likely N-dealkylation sites (tertiary alicyclic amines) is 2. The molecular weight excluding hydrogens is 861 g/mol. The van der Waals surface area contributed by atoms with Crippen LogP contribution in [0.3, 0.4) is 0 Å². The van der Waals surface area contributed by atoms with Crippen LogP contribution in [0, 0.1) is 23.7 Å². The van der Waals surface area contributed by atoms with Crippen molar-refractivity contribution in [2.45, 2.75) is 125 Å². The summed E-state index contributed by atoms with van der Waals surface area (Å²) < 4.78 is 66.2. The highest BCUT2D eigenvalue weighted by Gasteiger charge is 2.58. The number of hydrogen-bond acceptors (Lipinski definition) is 8. The molecule has 4 saturated carbocycles. The van der Waals surface area contributed by atoms with E-state index in [1.54, 1.807) is 0 Å². The number of H-pyrrole nitrogens is 2. The number of nitrogens with zero attached hydrogens (tertiary/aromatic N) is 4. The van der Waals surface area contributed by atoms with E-state index in [0.717, 1.165) is 56.8 Å². The number of nitrogens with one attached hydrogen (secondary N) is 4. The van der Waals surface area contributed by atoms with E-state index in [-0.39, 0.29) is 87.3 Å². The Morgan fingerprint density at radius 2 is 1.15 bits per heavy atom. The number of amides is 4. The van der Waals surface area contributed by atoms with Gasteiger partial charge in [-0.3, -0.25) is 9.59 Å². The lowest BCUT2D eigenvalue weighted by molar-refractivity contribution is -0.139. The number of alkyl halides is 4. The van der Waals surface area contributed by atoms with Gasteiger partial charge in [0.05, 0.1) is 48.4 Å². The van der Waals surface area contributed by atoms with Crippen molar-refractivity contribution in [2.75, 3.05) is 14.2 Å². The van der Waals surface area contributed by atoms with Crippen molar-refractivity contribution in [3.05, 3.63) is 60.2 Å². The summed E-state index contributed by atoms with van der Waals surface area (Å²) in [5, 5.41) is 7.26. The molecular formula is C48H52F4N8O6. The second-order valence-electron chi connectivity index (χ2n) is 19.6. The van der Waals surface area contributed by atoms with Gasteiger partial charge in [-0.25, -0.2) is 37.1 Å². The van der Waals surface area contributed by atoms with Crippen molar-refractivity contribution in [3.8, 4) is 11.1 Å². The second kappa shape index (κ2) is 15.9. The third-order valence-corrected chi connectivity index (χ3v) is 15.6. The van der Waals surface area contributed by atoms with Crippen molar-refractivity contribution < 1.29 is 46.2 Å². The quantitative estimate of drug-likeness (QED) is 0.106. The Bertz CT molecular complexity index is 2760. The minimum Gasteiger partial charge on any atom is -0.453 e. The average Bonchev–Trinajstić information content (AvgIpc) is 3.96. The predicted molar refractivity (Wildman–Crippen MR) is 233 cm³/mol. The van der Waals surface area contributed by atoms with E-state index >= 15 is 0 Å². The van der Waals surface area contributed by atoms with E-state index < -0.39 is 48.0 Å². The van der Waals surface area contributed by atoms with Crippen molar-refractivity contribution >= 4 is 56.8 Å². The molecule has 2 aromatic heterocycles. The molecule has 0 unspecified atom stereocenters. The van der Waals surface area contributed by atoms with Crippen LogP contribution >= 0.6 is 0 Å². The maximum Gasteiger partial charge on any atom is 0.407 e. The van der Waals surface area contributed by atoms with Gasteiger partial charge in [0, 0.05) is 43.2 Å². The molecule has 18 heteroatoms. The van der Waals surface area contributed by atoms with Gasteiger partial charge in [-0.05, 0) is 116 Å². The number of alkyl carbamates (subject to hydrolysis) is 2. The van der Waals surface area contributed by atoms with Crippen LogP contribution < -0.4 is 10.6 Å². The highest BCUT2D eigenvalue weighted by atomic mass is 19.3. The summed E-state index contributed by atoms with van der Waals surface area (Å²) in [4.78, 5) is 74.3. The van der Waals surface area contributed by atoms with E-state index in [1.165, 1.54) is 14.2 Å². The van der Waals surface area contributed by atoms with Gasteiger partial charge in [-0.15, -0.1) is 0 Å². The third-order valence-electron chi connectivity index (χ3n) is 15.6. The fraction of sp³-hybridized carbons (Fsp3) is 0.542. The molecule has 3 aromatic carbocycles. The Morgan fingerprint density at radius 1 is 0.652 bits per heavy atom. The number of aromatic amines is 2. The largest absolute Gasteiger partial charge is 0.453 e. The first kappa shape index (κ1) is 42.7. The van der Waals surface area contributed by atoms with Crippen molar-refractivity contribution in [1.82, 2.24) is 40.4 Å². The third kappa shape index (κ3) is 7.66. The van der Waals surface area contributed by atoms with Crippen molar-refractivity contribution in [2.24, 2.45) is 23.7 Å². The molecule has 4 amide bonds. The Labute approximate surface area is 376 Å². The molecule has 11 rings (SSSR count). The van der Waals surface area contributed by atoms with Crippen LogP contribution in [0.2, 0.25) is 0 Å². The van der Waals surface area contributed by atoms with Crippen molar-refractivity contribution in [3.63, 3.8) is 0 Å². The molecule has 2 saturated heterocycles. The Hall–Kier alpha value is -5.94. The first-order chi connectivity index (χ1) is 31.7. The van der Waals surface area contributed by atoms with Crippen LogP contribution in [0.1, 0.15) is 101 Å². The molecule has 0 bridgehead atoms. The van der Waals surface area contributed by atoms with Gasteiger partial charge >= 0.3 is 12.2 Å². The number of carbonyl (C=O) groups is 4. The fourth-order valence-corrected chi connectivity index (χ4v) is 11.8. The molecule has 4 N–H and O–H groups in total. The molecule has 348 valence electrons. The fourth-order valence-electron chi connectivity index (χ4n) is 11.8. The Kier molecular flexibility index (Phi) is 10.3. The number of benzene rings is 3. The SMILES string of the molecule is COC(=O)N[C@H](C(=O)N1[C@@H]2C[C@@H]2C[C@H]1c1nc2ccc(-c3ccc4c(ccc5[nH]c([C@@H]6C[C@H]7C[C@H]7N6C(=O)[C@@H](NC(=O)OC)C6CCC(F)(F)CC6)nc54)c3)cc2[nH]1)C1CCC(F)(F)CC1. The van der Waals surface area contributed by atoms with Crippen molar-refractivity contribution in [1.29, 1.82) is 0 Å². The number of ether oxygens (including phenoxy) is 2. The Balaban J connectivity index is 0.836. The van der Waals surface area contributed by atoms with Gasteiger partial charge in [0.2, 0.25) is 23.7 Å². The first-order valence-corrected chi connectivity index (χ1v) is 23.2. The first-order valence-electron chi connectivity index (χ1n) is 23.2. The Morgan fingerprint density at radius 3 is 1.70 bits per heavy atom. The minimum atomic E-state index is -2.78. The number of rotatable bonds is 9. The zero-order valence-corrected chi connectivity index (χ0v) is 36.6. The number of carbonyl (C=O) groups excluding carboxylic acids is 4. The summed E-state index contributed by atoms with van der Waals surface area (Å²) in [7, 11) is 2.44. The summed E-state index contributed by atoms with van der Waals surface area (Å²) in [5.41, 5.74) is 5.00. The zero-order chi connectivity index (χ0) is 45.8. The van der Waals surface area contributed by atoms with E-state index in [9.17, 15) is 36.7 Å². The topological polar surface area (TPSA) is 175 Å². The summed E-state index contributed by atoms with van der Waals surface area (Å²) >= 11 is 0. The maximum absolute atomic E-state index is 14.4. The number of piperidine rings is 2. The van der Waals surface area contributed by atoms with Gasteiger partial charge in [0.1, 0.15) is 23.7 Å². The van der Waals surface area contributed by atoms with Crippen LogP contribution in [-0.4, -0.2) is 104 Å². The molecule has 66 heavy (non-hydrogen) atoms. The summed E-state index contributed by atoms with van der Waals surface area (Å²) in [5.74, 6) is -5.16. The van der Waals surface area contributed by atoms with Gasteiger partial charge in [0.25, 0.3) is 0 Å². The number of hydrogen-bond donors (Lipinski definition) is 4. The molecule has 4 aliphatic carbocycles. The molecule has 6 fully saturated rings. The molecule has 4 heterocycles. The molecule has 5 aromatic rings. The second-order valence-corrected chi connectivity index (χ2v) is 19.6. The molecule has 14 nitrogen and oxygen atoms in total. The lowest BCUT2D eigenvalue weighted by Gasteiger charge is -2.37. The molecule has 0 spiro atoms. The smallest absolute Gasteiger partial charge is 0.407 e. The standard InChI is InChI=1S/C48H52F4N8O6/c1-65-45(63)57-38(23-9-13-47(49,50)14-10-23)43(61)59-34-19-28(34)21-36(59)41-53-31-7-4-26(18-33(31)55-41)25-3-6-30-27(17-25)5-8-32-40(30)56-42(54-32)37-22-29-20-35(29)60(37)44(62)39(58-46(64)66-2)24-11-15-48(51,52)16-12-24/h3-8,17-18,23-24,28-29,34-39H,9-16,19-22H2,1-2H3,(H,53,55)(H,54,56)(H,57,63)(H,58,64)/t28-,29-,34-,35-,36+,37+,38+,39+/m1/s1. The lowest BCUT2D eigenvalue weighted by atomic mass is 9.81. The van der Waals surface area contributed by atoms with Crippen LogP contribution in [0.15, 0.2) is 48.5 Å². The number of imidazole rings is 2. The lowest BCUT2D eigenvalue weighted by Crippen LogP contribution is -2.54. The van der Waals surface area contributed by atoms with Crippen LogP contribution in [0.5, 0.6) is 0 Å². The highest BCUT2D eigenvalue weighted by molar-refractivity contribution is 6.05. The maximum atomic E-state index is 14.4. The monoisotopic (exact) mass is 912 g/mol. The van der Waals surface area contributed by atoms with Gasteiger partial charge in [0.15, 0.2) is 0 Å². The van der Waals surface area contributed by atoms with Crippen LogP contribution in [0.25, 0.3) is 44.0 Å². The summed E-state index contributed by atoms with van der Waals surface area (Å²) in [6.45, 7) is 0. The molecule has 2 aliphatic heterocycles. The normalized spacial score (nSPS) is 27.6. The molecule has 8 atom stereocenters. The highest BCUT2D eigenvalue weighted by Crippen LogP contribution is 2.55. The molecule has 6 aliphatic rings. The number of fused-ring (bicyclic) bond motifs is 6.